The van der Waals surface area contributed by atoms with Gasteiger partial charge in [-0.2, -0.15) is 0 Å². The third kappa shape index (κ3) is 9.63. The Morgan fingerprint density at radius 2 is 1.42 bits per heavy atom. The Morgan fingerprint density at radius 1 is 0.716 bits per heavy atom. The number of nitrogens with zero attached hydrogens (tertiary/aromatic N) is 13. The molecule has 0 saturated heterocycles. The predicted molar refractivity (Wildman–Crippen MR) is 274 cm³/mol. The maximum absolute atomic E-state index is 15.9. The summed E-state index contributed by atoms with van der Waals surface area (Å²) in [5.41, 5.74) is 6.76. The first-order chi connectivity index (χ1) is 35.8. The Hall–Kier alpha value is -9.93. The molecule has 0 spiro atoms. The van der Waals surface area contributed by atoms with Gasteiger partial charge in [0.05, 0.1) is 28.9 Å². The molecule has 4 N–H and O–H groups in total. The number of rotatable bonds is 14. The van der Waals surface area contributed by atoms with Gasteiger partial charge in [0.25, 0.3) is 11.9 Å². The molecular formula is C51H44FN17O5. The Balaban J connectivity index is 0.773. The van der Waals surface area contributed by atoms with Gasteiger partial charge in [-0.15, -0.1) is 20.4 Å². The zero-order valence-electron chi connectivity index (χ0n) is 40.5. The fourth-order valence-electron chi connectivity index (χ4n) is 8.15. The van der Waals surface area contributed by atoms with Crippen molar-refractivity contribution in [2.24, 2.45) is 4.99 Å². The molecule has 22 nitrogen and oxygen atoms in total. The average molecular weight is 994 g/mol. The van der Waals surface area contributed by atoms with Crippen molar-refractivity contribution in [2.75, 3.05) is 34.5 Å². The third-order valence-corrected chi connectivity index (χ3v) is 11.7. The van der Waals surface area contributed by atoms with Crippen LogP contribution in [0.2, 0.25) is 0 Å². The van der Waals surface area contributed by atoms with E-state index >= 15 is 4.39 Å². The Labute approximate surface area is 419 Å². The van der Waals surface area contributed by atoms with Gasteiger partial charge < -0.3 is 40.2 Å². The number of ether oxygens (including phenoxy) is 4. The van der Waals surface area contributed by atoms with Crippen LogP contribution in [0, 0.1) is 20.8 Å². The molecule has 74 heavy (non-hydrogen) atoms. The molecule has 0 bridgehead atoms. The maximum Gasteiger partial charge on any atom is 0.289 e. The summed E-state index contributed by atoms with van der Waals surface area (Å²) >= 11 is 0. The van der Waals surface area contributed by atoms with Crippen LogP contribution in [0.15, 0.2) is 115 Å². The SMILES string of the molecule is CCOc1cc2ncnc(Nc3ccc(Oc4cc5nncn5cn4)c(C)c3)c2cc1NC(=O)/C(F)=C/c1nnc2cc(Oc3c(C)cc(Nc4ncnc5ccc(NC6=NC(C)(C)CO6)cc45)cc3C)ncn12. The first-order valence-corrected chi connectivity index (χ1v) is 23.1. The zero-order chi connectivity index (χ0) is 51.1. The van der Waals surface area contributed by atoms with Crippen LogP contribution in [0.4, 0.5) is 38.8 Å². The van der Waals surface area contributed by atoms with Gasteiger partial charge in [0, 0.05) is 52.1 Å². The number of fused-ring (bicyclic) bond motifs is 4. The number of nitrogens with one attached hydrogen (secondary N) is 4. The van der Waals surface area contributed by atoms with Gasteiger partial charge in [0.1, 0.15) is 67.1 Å². The van der Waals surface area contributed by atoms with E-state index in [1.54, 1.807) is 54.3 Å². The molecule has 0 aliphatic carbocycles. The van der Waals surface area contributed by atoms with Crippen LogP contribution in [0.5, 0.6) is 29.0 Å². The van der Waals surface area contributed by atoms with E-state index in [1.165, 1.54) is 23.4 Å². The van der Waals surface area contributed by atoms with Crippen molar-refractivity contribution in [3.63, 3.8) is 0 Å². The molecule has 4 aromatic carbocycles. The van der Waals surface area contributed by atoms with Gasteiger partial charge in [-0.25, -0.2) is 39.3 Å². The number of hydrogen-bond donors (Lipinski definition) is 4. The molecule has 23 heteroatoms. The number of amides is 1. The highest BCUT2D eigenvalue weighted by Crippen LogP contribution is 2.37. The number of hydrogen-bond acceptors (Lipinski definition) is 19. The monoisotopic (exact) mass is 993 g/mol. The van der Waals surface area contributed by atoms with Crippen LogP contribution < -0.4 is 35.5 Å². The Kier molecular flexibility index (Phi) is 11.9. The van der Waals surface area contributed by atoms with Crippen molar-refractivity contribution in [1.29, 1.82) is 0 Å². The molecule has 7 heterocycles. The molecule has 0 fully saturated rings. The van der Waals surface area contributed by atoms with E-state index in [9.17, 15) is 4.79 Å². The van der Waals surface area contributed by atoms with Crippen LogP contribution in [0.25, 0.3) is 39.2 Å². The summed E-state index contributed by atoms with van der Waals surface area (Å²) in [6, 6.07) is 22.1. The third-order valence-electron chi connectivity index (χ3n) is 11.7. The predicted octanol–water partition coefficient (Wildman–Crippen LogP) is 9.37. The summed E-state index contributed by atoms with van der Waals surface area (Å²) in [7, 11) is 0. The van der Waals surface area contributed by atoms with E-state index in [0.717, 1.165) is 45.0 Å². The highest BCUT2D eigenvalue weighted by Gasteiger charge is 2.27. The quantitative estimate of drug-likeness (QED) is 0.0740. The van der Waals surface area contributed by atoms with E-state index in [1.807, 2.05) is 77.1 Å². The lowest BCUT2D eigenvalue weighted by Gasteiger charge is -2.15. The molecule has 0 saturated carbocycles. The normalized spacial score (nSPS) is 13.2. The van der Waals surface area contributed by atoms with Gasteiger partial charge in [0.2, 0.25) is 11.8 Å². The van der Waals surface area contributed by atoms with E-state index in [4.69, 9.17) is 18.9 Å². The lowest BCUT2D eigenvalue weighted by molar-refractivity contribution is -0.114. The molecule has 370 valence electrons. The van der Waals surface area contributed by atoms with Gasteiger partial charge in [-0.1, -0.05) is 0 Å². The van der Waals surface area contributed by atoms with Crippen molar-refractivity contribution in [3.05, 3.63) is 133 Å². The topological polar surface area (TPSA) is 252 Å². The molecule has 0 radical (unpaired) electrons. The molecule has 11 rings (SSSR count). The van der Waals surface area contributed by atoms with Gasteiger partial charge >= 0.3 is 0 Å². The molecular weight excluding hydrogens is 950 g/mol. The van der Waals surface area contributed by atoms with Crippen LogP contribution in [-0.2, 0) is 9.53 Å². The average Bonchev–Trinajstić information content (AvgIpc) is 4.11. The number of aliphatic imine (C=N–C) groups is 1. The van der Waals surface area contributed by atoms with Crippen LogP contribution in [-0.4, -0.2) is 89.8 Å². The lowest BCUT2D eigenvalue weighted by atomic mass is 10.1. The fourth-order valence-corrected chi connectivity index (χ4v) is 8.15. The first kappa shape index (κ1) is 46.5. The van der Waals surface area contributed by atoms with Crippen LogP contribution in [0.3, 0.4) is 0 Å². The number of halogens is 1. The van der Waals surface area contributed by atoms with Gasteiger partial charge in [-0.3, -0.25) is 13.6 Å². The van der Waals surface area contributed by atoms with Crippen LogP contribution >= 0.6 is 0 Å². The molecule has 1 amide bonds. The van der Waals surface area contributed by atoms with Crippen molar-refractivity contribution in [2.45, 2.75) is 47.1 Å². The lowest BCUT2D eigenvalue weighted by Crippen LogP contribution is -2.17. The van der Waals surface area contributed by atoms with Crippen LogP contribution in [0.1, 0.15) is 43.3 Å². The summed E-state index contributed by atoms with van der Waals surface area (Å²) in [6.07, 6.45) is 8.40. The minimum absolute atomic E-state index is 0.0157. The fraction of sp³-hybridized carbons (Fsp3) is 0.176. The van der Waals surface area contributed by atoms with E-state index in [-0.39, 0.29) is 35.3 Å². The number of aromatic nitrogens is 12. The number of carbonyl (C=O) groups is 1. The summed E-state index contributed by atoms with van der Waals surface area (Å²) in [5, 5.41) is 30.2. The van der Waals surface area contributed by atoms with Crippen molar-refractivity contribution >= 4 is 85.5 Å². The van der Waals surface area contributed by atoms with E-state index in [2.05, 4.69) is 76.6 Å². The second-order valence-electron chi connectivity index (χ2n) is 17.8. The highest BCUT2D eigenvalue weighted by molar-refractivity contribution is 6.07. The van der Waals surface area contributed by atoms with E-state index in [0.29, 0.717) is 69.5 Å². The highest BCUT2D eigenvalue weighted by atomic mass is 19.1. The number of benzene rings is 4. The first-order valence-electron chi connectivity index (χ1n) is 23.1. The molecule has 1 aliphatic heterocycles. The number of aryl methyl sites for hydroxylation is 3. The summed E-state index contributed by atoms with van der Waals surface area (Å²) in [5.74, 6) is 0.871. The minimum Gasteiger partial charge on any atom is -0.492 e. The van der Waals surface area contributed by atoms with Crippen molar-refractivity contribution in [1.82, 2.24) is 59.1 Å². The van der Waals surface area contributed by atoms with E-state index < -0.39 is 11.7 Å². The maximum atomic E-state index is 15.9. The number of amidine groups is 1. The smallest absolute Gasteiger partial charge is 0.289 e. The summed E-state index contributed by atoms with van der Waals surface area (Å²) < 4.78 is 42.9. The Bertz CT molecular complexity index is 3890. The van der Waals surface area contributed by atoms with Gasteiger partial charge in [-0.05, 0) is 113 Å². The molecule has 0 atom stereocenters. The largest absolute Gasteiger partial charge is 0.492 e. The Morgan fingerprint density at radius 3 is 2.19 bits per heavy atom. The van der Waals surface area contributed by atoms with Crippen molar-refractivity contribution < 1.29 is 28.1 Å². The zero-order valence-corrected chi connectivity index (χ0v) is 40.5. The molecule has 6 aromatic heterocycles. The standard InChI is InChI=1S/C51H44FN17O5/c1-7-71-40-18-37-34(48(56-23-54-37)60-30-9-11-39(27(2)12-30)73-44-19-41-65-59-26-68(41)24-57-44)16-38(40)63-49(70)35(52)17-42-66-67-43-20-45(58-25-69(42)43)74-46-28(3)13-32(14-29(46)4)61-47-33-15-31(8-10-36(33)53-22-55-47)62-50-64-51(5,6)21-72-50/h8-20,22-26H,7,21H2,1-6H3,(H,62,64)(H,63,70)(H,53,55,61)(H,54,56,60)/b35-17-. The summed E-state index contributed by atoms with van der Waals surface area (Å²) in [6.45, 7) is 12.3. The molecule has 10 aromatic rings. The molecule has 1 aliphatic rings. The van der Waals surface area contributed by atoms with Crippen molar-refractivity contribution in [3.8, 4) is 29.0 Å². The molecule has 0 unspecified atom stereocenters. The number of anilines is 6. The van der Waals surface area contributed by atoms with Gasteiger partial charge in [0.15, 0.2) is 22.9 Å². The second-order valence-corrected chi connectivity index (χ2v) is 17.8. The number of carbonyl (C=O) groups excluding carboxylic acids is 1. The second kappa shape index (κ2) is 19.0. The summed E-state index contributed by atoms with van der Waals surface area (Å²) in [4.78, 5) is 44.7. The minimum atomic E-state index is -1.15.